The average Bonchev–Trinajstić information content (AvgIpc) is 2.50. The normalized spacial score (nSPS) is 13.2. The zero-order chi connectivity index (χ0) is 9.68. The lowest BCUT2D eigenvalue weighted by atomic mass is 10.1. The summed E-state index contributed by atoms with van der Waals surface area (Å²) < 4.78 is 4.17. The number of aryl methyl sites for hydroxylation is 1. The van der Waals surface area contributed by atoms with Crippen LogP contribution in [0.4, 0.5) is 0 Å². The number of hydrogen-bond acceptors (Lipinski definition) is 4. The van der Waals surface area contributed by atoms with Gasteiger partial charge in [-0.15, -0.1) is 0 Å². The minimum Gasteiger partial charge on any atom is -0.314 e. The molecule has 74 valence electrons. The number of likely N-dealkylation sites (N-methyl/N-ethyl adjacent to an activating group) is 1. The molecular formula is C9H17N3S. The third-order valence-corrected chi connectivity index (χ3v) is 2.80. The van der Waals surface area contributed by atoms with Gasteiger partial charge in [0.2, 0.25) is 0 Å². The molecule has 13 heavy (non-hydrogen) atoms. The van der Waals surface area contributed by atoms with Crippen LogP contribution in [-0.2, 0) is 6.42 Å². The summed E-state index contributed by atoms with van der Waals surface area (Å²) >= 11 is 1.52. The molecule has 4 heteroatoms. The molecule has 1 atom stereocenters. The summed E-state index contributed by atoms with van der Waals surface area (Å²) in [7, 11) is 0. The summed E-state index contributed by atoms with van der Waals surface area (Å²) in [4.78, 5) is 4.35. The number of rotatable bonds is 5. The van der Waals surface area contributed by atoms with E-state index >= 15 is 0 Å². The Morgan fingerprint density at radius 2 is 2.23 bits per heavy atom. The molecule has 1 aromatic rings. The summed E-state index contributed by atoms with van der Waals surface area (Å²) in [5, 5.41) is 4.57. The van der Waals surface area contributed by atoms with Crippen LogP contribution in [0.5, 0.6) is 0 Å². The van der Waals surface area contributed by atoms with Crippen LogP contribution in [0, 0.1) is 6.92 Å². The fraction of sp³-hybridized carbons (Fsp3) is 0.778. The molecule has 3 nitrogen and oxygen atoms in total. The predicted molar refractivity (Wildman–Crippen MR) is 56.1 cm³/mol. The van der Waals surface area contributed by atoms with E-state index < -0.39 is 0 Å². The van der Waals surface area contributed by atoms with Gasteiger partial charge in [0.05, 0.1) is 0 Å². The molecule has 1 N–H and O–H groups in total. The second kappa shape index (κ2) is 5.29. The van der Waals surface area contributed by atoms with Crippen molar-refractivity contribution in [2.24, 2.45) is 0 Å². The Hall–Kier alpha value is -0.480. The van der Waals surface area contributed by atoms with E-state index in [9.17, 15) is 0 Å². The molecule has 0 aliphatic rings. The Kier molecular flexibility index (Phi) is 4.32. The minimum atomic E-state index is 0.553. The zero-order valence-electron chi connectivity index (χ0n) is 8.50. The van der Waals surface area contributed by atoms with E-state index in [1.54, 1.807) is 0 Å². The summed E-state index contributed by atoms with van der Waals surface area (Å²) in [5.74, 6) is 0.895. The van der Waals surface area contributed by atoms with Crippen molar-refractivity contribution in [3.63, 3.8) is 0 Å². The maximum atomic E-state index is 4.35. The average molecular weight is 199 g/mol. The number of nitrogens with zero attached hydrogens (tertiary/aromatic N) is 2. The summed E-state index contributed by atoms with van der Waals surface area (Å²) in [6.45, 7) is 7.29. The monoisotopic (exact) mass is 199 g/mol. The van der Waals surface area contributed by atoms with E-state index in [2.05, 4.69) is 28.5 Å². The summed E-state index contributed by atoms with van der Waals surface area (Å²) in [6.07, 6.45) is 2.16. The molecule has 1 aromatic heterocycles. The third kappa shape index (κ3) is 3.40. The van der Waals surface area contributed by atoms with Gasteiger partial charge < -0.3 is 5.32 Å². The largest absolute Gasteiger partial charge is 0.314 e. The quantitative estimate of drug-likeness (QED) is 0.785. The Labute approximate surface area is 83.8 Å². The molecule has 0 aliphatic heterocycles. The van der Waals surface area contributed by atoms with Gasteiger partial charge in [0.15, 0.2) is 0 Å². The minimum absolute atomic E-state index is 0.553. The van der Waals surface area contributed by atoms with Gasteiger partial charge in [-0.1, -0.05) is 13.8 Å². The Balaban J connectivity index is 2.46. The highest BCUT2D eigenvalue weighted by atomic mass is 32.1. The van der Waals surface area contributed by atoms with Crippen molar-refractivity contribution in [2.45, 2.75) is 39.7 Å². The molecule has 1 heterocycles. The fourth-order valence-electron chi connectivity index (χ4n) is 1.28. The van der Waals surface area contributed by atoms with Crippen LogP contribution < -0.4 is 5.32 Å². The lowest BCUT2D eigenvalue weighted by molar-refractivity contribution is 0.509. The van der Waals surface area contributed by atoms with Crippen molar-refractivity contribution in [2.75, 3.05) is 6.54 Å². The molecule has 0 amide bonds. The zero-order valence-corrected chi connectivity index (χ0v) is 9.32. The standard InChI is InChI=1S/C9H17N3S/c1-4-8(10-5-2)6-9-11-7(3)12-13-9/h8,10H,4-6H2,1-3H3. The first-order chi connectivity index (χ1) is 6.26. The Morgan fingerprint density at radius 1 is 1.46 bits per heavy atom. The van der Waals surface area contributed by atoms with Gasteiger partial charge in [-0.3, -0.25) is 0 Å². The highest BCUT2D eigenvalue weighted by Crippen LogP contribution is 2.08. The highest BCUT2D eigenvalue weighted by Gasteiger charge is 2.08. The number of aromatic nitrogens is 2. The maximum Gasteiger partial charge on any atom is 0.139 e. The molecule has 0 saturated heterocycles. The maximum absolute atomic E-state index is 4.35. The van der Waals surface area contributed by atoms with E-state index in [4.69, 9.17) is 0 Å². The first-order valence-corrected chi connectivity index (χ1v) is 5.56. The van der Waals surface area contributed by atoms with Crippen molar-refractivity contribution < 1.29 is 0 Å². The van der Waals surface area contributed by atoms with Gasteiger partial charge in [-0.05, 0) is 31.4 Å². The fourth-order valence-corrected chi connectivity index (χ4v) is 2.01. The van der Waals surface area contributed by atoms with E-state index in [1.165, 1.54) is 11.5 Å². The number of nitrogens with one attached hydrogen (secondary N) is 1. The van der Waals surface area contributed by atoms with Crippen molar-refractivity contribution in [3.05, 3.63) is 10.8 Å². The smallest absolute Gasteiger partial charge is 0.139 e. The molecule has 0 fully saturated rings. The van der Waals surface area contributed by atoms with Gasteiger partial charge in [-0.25, -0.2) is 4.98 Å². The van der Waals surface area contributed by atoms with Crippen molar-refractivity contribution in [3.8, 4) is 0 Å². The molecule has 0 radical (unpaired) electrons. The molecule has 0 aliphatic carbocycles. The van der Waals surface area contributed by atoms with Gasteiger partial charge in [0.1, 0.15) is 10.8 Å². The van der Waals surface area contributed by atoms with Crippen LogP contribution in [0.1, 0.15) is 31.1 Å². The van der Waals surface area contributed by atoms with Crippen LogP contribution in [0.15, 0.2) is 0 Å². The first-order valence-electron chi connectivity index (χ1n) is 4.78. The molecule has 0 bridgehead atoms. The molecule has 1 unspecified atom stereocenters. The third-order valence-electron chi connectivity index (χ3n) is 1.98. The van der Waals surface area contributed by atoms with Crippen LogP contribution in [0.25, 0.3) is 0 Å². The van der Waals surface area contributed by atoms with Crippen LogP contribution in [0.3, 0.4) is 0 Å². The molecule has 0 saturated carbocycles. The Bertz CT molecular complexity index is 247. The summed E-state index contributed by atoms with van der Waals surface area (Å²) in [6, 6.07) is 0.553. The second-order valence-corrected chi connectivity index (χ2v) is 3.94. The van der Waals surface area contributed by atoms with Gasteiger partial charge >= 0.3 is 0 Å². The lowest BCUT2D eigenvalue weighted by Gasteiger charge is -2.13. The van der Waals surface area contributed by atoms with Gasteiger partial charge in [-0.2, -0.15) is 4.37 Å². The molecule has 1 rings (SSSR count). The molecule has 0 aromatic carbocycles. The molecule has 0 spiro atoms. The van der Waals surface area contributed by atoms with Crippen molar-refractivity contribution >= 4 is 11.5 Å². The van der Waals surface area contributed by atoms with Crippen LogP contribution >= 0.6 is 11.5 Å². The number of hydrogen-bond donors (Lipinski definition) is 1. The van der Waals surface area contributed by atoms with E-state index in [1.807, 2.05) is 6.92 Å². The Morgan fingerprint density at radius 3 is 2.69 bits per heavy atom. The molecular weight excluding hydrogens is 182 g/mol. The van der Waals surface area contributed by atoms with Crippen LogP contribution in [0.2, 0.25) is 0 Å². The van der Waals surface area contributed by atoms with E-state index in [0.717, 1.165) is 30.2 Å². The van der Waals surface area contributed by atoms with Gasteiger partial charge in [0.25, 0.3) is 0 Å². The highest BCUT2D eigenvalue weighted by molar-refractivity contribution is 7.05. The lowest BCUT2D eigenvalue weighted by Crippen LogP contribution is -2.30. The van der Waals surface area contributed by atoms with Crippen molar-refractivity contribution in [1.29, 1.82) is 0 Å². The first kappa shape index (κ1) is 10.6. The van der Waals surface area contributed by atoms with E-state index in [-0.39, 0.29) is 0 Å². The van der Waals surface area contributed by atoms with E-state index in [0.29, 0.717) is 6.04 Å². The topological polar surface area (TPSA) is 37.8 Å². The summed E-state index contributed by atoms with van der Waals surface area (Å²) in [5.41, 5.74) is 0. The SMILES string of the molecule is CCNC(CC)Cc1nc(C)ns1. The van der Waals surface area contributed by atoms with Crippen LogP contribution in [-0.4, -0.2) is 21.9 Å². The van der Waals surface area contributed by atoms with Crippen molar-refractivity contribution in [1.82, 2.24) is 14.7 Å². The van der Waals surface area contributed by atoms with Gasteiger partial charge in [0, 0.05) is 12.5 Å². The second-order valence-electron chi connectivity index (χ2n) is 3.10. The predicted octanol–water partition coefficient (Wildman–Crippen LogP) is 1.78.